The zero-order valence-electron chi connectivity index (χ0n) is 5.52. The molecular weight excluding hydrogens is 146 g/mol. The minimum atomic E-state index is -1.25. The number of carbonyl (C=O) groups is 1. The Morgan fingerprint density at radius 3 is 2.82 bits per heavy atom. The van der Waals surface area contributed by atoms with E-state index in [1.807, 2.05) is 0 Å². The Morgan fingerprint density at radius 1 is 1.45 bits per heavy atom. The van der Waals surface area contributed by atoms with Crippen molar-refractivity contribution in [1.82, 2.24) is 4.98 Å². The first-order valence-corrected chi connectivity index (χ1v) is 2.90. The van der Waals surface area contributed by atoms with Crippen molar-refractivity contribution >= 4 is 5.97 Å². The lowest BCUT2D eigenvalue weighted by Gasteiger charge is -1.81. The maximum absolute atomic E-state index is 10.8. The third-order valence-corrected chi connectivity index (χ3v) is 1.11. The Hall–Kier alpha value is -1.71. The van der Waals surface area contributed by atoms with Crippen LogP contribution in [0.25, 0.3) is 0 Å². The van der Waals surface area contributed by atoms with Crippen LogP contribution in [0.1, 0.15) is 10.4 Å². The van der Waals surface area contributed by atoms with Crippen molar-refractivity contribution in [3.63, 3.8) is 0 Å². The van der Waals surface area contributed by atoms with Gasteiger partial charge in [-0.25, -0.2) is 9.78 Å². The van der Waals surface area contributed by atoms with Crippen LogP contribution in [0.4, 0.5) is 0 Å². The molecule has 1 heterocycles. The van der Waals surface area contributed by atoms with Crippen molar-refractivity contribution in [3.8, 4) is 0 Å². The summed E-state index contributed by atoms with van der Waals surface area (Å²) < 4.78 is 0. The zero-order valence-corrected chi connectivity index (χ0v) is 5.52. The Bertz CT molecular complexity index is 335. The van der Waals surface area contributed by atoms with Crippen LogP contribution in [0.3, 0.4) is 0 Å². The molecule has 1 aromatic rings. The van der Waals surface area contributed by atoms with Crippen molar-refractivity contribution in [2.75, 3.05) is 0 Å². The van der Waals surface area contributed by atoms with Crippen molar-refractivity contribution < 1.29 is 9.90 Å². The van der Waals surface area contributed by atoms with Gasteiger partial charge in [-0.2, -0.15) is 0 Å². The van der Waals surface area contributed by atoms with Gasteiger partial charge in [-0.05, 0) is 12.1 Å². The van der Waals surface area contributed by atoms with Crippen LogP contribution in [0, 0.1) is 0 Å². The van der Waals surface area contributed by atoms with E-state index in [4.69, 9.17) is 5.11 Å². The highest BCUT2D eigenvalue weighted by Crippen LogP contribution is 1.86. The Kier molecular flexibility index (Phi) is 1.96. The molecule has 0 atom stereocenters. The first kappa shape index (κ1) is 7.40. The van der Waals surface area contributed by atoms with E-state index in [2.05, 4.69) is 4.98 Å². The normalized spacial score (nSPS) is 9.09. The summed E-state index contributed by atoms with van der Waals surface area (Å²) in [4.78, 5) is 24.4. The number of rotatable bonds is 1. The van der Waals surface area contributed by atoms with Crippen molar-refractivity contribution in [2.45, 2.75) is 0 Å². The molecule has 0 aliphatic rings. The predicted molar refractivity (Wildman–Crippen MR) is 37.5 cm³/mol. The van der Waals surface area contributed by atoms with Crippen molar-refractivity contribution in [2.24, 2.45) is 0 Å². The van der Waals surface area contributed by atoms with Crippen LogP contribution in [0.15, 0.2) is 29.2 Å². The second-order valence-corrected chi connectivity index (χ2v) is 1.85. The summed E-state index contributed by atoms with van der Waals surface area (Å²) >= 11 is 0. The molecule has 4 nitrogen and oxygen atoms in total. The molecule has 0 saturated carbocycles. The van der Waals surface area contributed by atoms with Gasteiger partial charge in [0.25, 0.3) is 5.56 Å². The third kappa shape index (κ3) is 1.61. The Labute approximate surface area is 62.1 Å². The van der Waals surface area contributed by atoms with Crippen LogP contribution in [0.5, 0.6) is 0 Å². The molecule has 56 valence electrons. The quantitative estimate of drug-likeness (QED) is 0.619. The van der Waals surface area contributed by atoms with Gasteiger partial charge in [-0.1, -0.05) is 6.07 Å². The molecule has 4 heteroatoms. The molecular formula is C7H5NO3. The van der Waals surface area contributed by atoms with E-state index in [0.29, 0.717) is 0 Å². The predicted octanol–water partition coefficient (Wildman–Crippen LogP) is 0.140. The minimum Gasteiger partial charge on any atom is -0.477 e. The molecule has 0 bridgehead atoms. The van der Waals surface area contributed by atoms with Crippen LogP contribution < -0.4 is 5.56 Å². The number of nitrogens with zero attached hydrogens (tertiary/aromatic N) is 1. The first-order chi connectivity index (χ1) is 5.22. The summed E-state index contributed by atoms with van der Waals surface area (Å²) in [5.41, 5.74) is -1.03. The second kappa shape index (κ2) is 2.92. The standard InChI is InChI=1S/C7H5NO3/c9-6-5(7(10)11)3-1-2-4-8-6/h1-4H,(H,10,11). The molecule has 0 saturated heterocycles. The van der Waals surface area contributed by atoms with E-state index < -0.39 is 11.5 Å². The molecule has 0 radical (unpaired) electrons. The van der Waals surface area contributed by atoms with Crippen LogP contribution in [-0.2, 0) is 0 Å². The van der Waals surface area contributed by atoms with Gasteiger partial charge < -0.3 is 5.11 Å². The molecule has 0 amide bonds. The van der Waals surface area contributed by atoms with E-state index in [9.17, 15) is 9.59 Å². The largest absolute Gasteiger partial charge is 0.477 e. The number of carboxylic acid groups (broad SMARTS) is 1. The van der Waals surface area contributed by atoms with Crippen molar-refractivity contribution in [3.05, 3.63) is 40.3 Å². The maximum atomic E-state index is 10.8. The van der Waals surface area contributed by atoms with Gasteiger partial charge in [-0.3, -0.25) is 4.79 Å². The molecule has 1 rings (SSSR count). The van der Waals surface area contributed by atoms with Gasteiger partial charge in [0.2, 0.25) is 0 Å². The van der Waals surface area contributed by atoms with Gasteiger partial charge in [0.05, 0.1) is 0 Å². The molecule has 0 unspecified atom stereocenters. The van der Waals surface area contributed by atoms with E-state index in [1.165, 1.54) is 24.4 Å². The molecule has 0 aliphatic carbocycles. The number of hydrogen-bond acceptors (Lipinski definition) is 3. The molecule has 0 spiro atoms. The fourth-order valence-electron chi connectivity index (χ4n) is 0.616. The fourth-order valence-corrected chi connectivity index (χ4v) is 0.616. The summed E-state index contributed by atoms with van der Waals surface area (Å²) in [6.07, 6.45) is 1.26. The average molecular weight is 151 g/mol. The molecule has 1 N–H and O–H groups in total. The SMILES string of the molecule is O=C(O)c1ccccnc1=O. The summed E-state index contributed by atoms with van der Waals surface area (Å²) in [7, 11) is 0. The smallest absolute Gasteiger partial charge is 0.341 e. The van der Waals surface area contributed by atoms with Crippen molar-refractivity contribution in [1.29, 1.82) is 0 Å². The van der Waals surface area contributed by atoms with E-state index in [1.54, 1.807) is 0 Å². The van der Waals surface area contributed by atoms with Gasteiger partial charge in [-0.15, -0.1) is 0 Å². The average Bonchev–Trinajstić information content (AvgIpc) is 2.13. The number of carboxylic acids is 1. The first-order valence-electron chi connectivity index (χ1n) is 2.90. The van der Waals surface area contributed by atoms with Crippen LogP contribution in [-0.4, -0.2) is 16.1 Å². The number of aromatic nitrogens is 1. The van der Waals surface area contributed by atoms with E-state index >= 15 is 0 Å². The minimum absolute atomic E-state index is 0.310. The highest BCUT2D eigenvalue weighted by molar-refractivity contribution is 5.86. The highest BCUT2D eigenvalue weighted by atomic mass is 16.4. The molecule has 11 heavy (non-hydrogen) atoms. The zero-order chi connectivity index (χ0) is 8.27. The summed E-state index contributed by atoms with van der Waals surface area (Å²) in [6.45, 7) is 0. The lowest BCUT2D eigenvalue weighted by Crippen LogP contribution is -2.13. The molecule has 1 aromatic heterocycles. The fraction of sp³-hybridized carbons (Fsp3) is 0. The summed E-state index contributed by atoms with van der Waals surface area (Å²) in [5, 5.41) is 8.44. The lowest BCUT2D eigenvalue weighted by molar-refractivity contribution is 0.0695. The van der Waals surface area contributed by atoms with Gasteiger partial charge >= 0.3 is 5.97 Å². The van der Waals surface area contributed by atoms with Gasteiger partial charge in [0, 0.05) is 6.20 Å². The van der Waals surface area contributed by atoms with Gasteiger partial charge in [0.15, 0.2) is 0 Å². The molecule has 0 aromatic carbocycles. The third-order valence-electron chi connectivity index (χ3n) is 1.11. The Balaban J connectivity index is 3.41. The van der Waals surface area contributed by atoms with Crippen LogP contribution in [0.2, 0.25) is 0 Å². The van der Waals surface area contributed by atoms with E-state index in [-0.39, 0.29) is 5.56 Å². The number of hydrogen-bond donors (Lipinski definition) is 1. The Morgan fingerprint density at radius 2 is 2.18 bits per heavy atom. The highest BCUT2D eigenvalue weighted by Gasteiger charge is 2.04. The molecule has 0 fully saturated rings. The lowest BCUT2D eigenvalue weighted by atomic mass is 10.3. The van der Waals surface area contributed by atoms with Crippen LogP contribution >= 0.6 is 0 Å². The molecule has 0 aliphatic heterocycles. The maximum Gasteiger partial charge on any atom is 0.341 e. The second-order valence-electron chi connectivity index (χ2n) is 1.85. The summed E-state index contributed by atoms with van der Waals surface area (Å²) in [6, 6.07) is 4.17. The topological polar surface area (TPSA) is 67.3 Å². The summed E-state index contributed by atoms with van der Waals surface area (Å²) in [5.74, 6) is -1.25. The van der Waals surface area contributed by atoms with Gasteiger partial charge in [0.1, 0.15) is 5.56 Å². The number of aromatic carboxylic acids is 1. The van der Waals surface area contributed by atoms with E-state index in [0.717, 1.165) is 0 Å². The monoisotopic (exact) mass is 151 g/mol.